The first-order valence-corrected chi connectivity index (χ1v) is 11.4. The molecule has 4 aliphatic carbocycles. The number of nitriles is 1. The number of nitrogens with zero attached hydrogens (tertiary/aromatic N) is 2. The van der Waals surface area contributed by atoms with Gasteiger partial charge in [-0.25, -0.2) is 0 Å². The van der Waals surface area contributed by atoms with Crippen LogP contribution >= 0.6 is 0 Å². The van der Waals surface area contributed by atoms with Gasteiger partial charge in [0.1, 0.15) is 0 Å². The second kappa shape index (κ2) is 8.41. The predicted molar refractivity (Wildman–Crippen MR) is 117 cm³/mol. The Labute approximate surface area is 179 Å². The molecule has 1 aromatic rings. The minimum absolute atomic E-state index is 0.0423. The molecule has 5 heteroatoms. The van der Waals surface area contributed by atoms with Gasteiger partial charge in [0, 0.05) is 30.6 Å². The van der Waals surface area contributed by atoms with Crippen molar-refractivity contribution < 1.29 is 9.59 Å². The molecule has 0 aromatic heterocycles. The second-order valence-electron chi connectivity index (χ2n) is 9.93. The average Bonchev–Trinajstić information content (AvgIpc) is 2.69. The van der Waals surface area contributed by atoms with Crippen LogP contribution in [0.5, 0.6) is 0 Å². The van der Waals surface area contributed by atoms with E-state index < -0.39 is 0 Å². The highest BCUT2D eigenvalue weighted by Crippen LogP contribution is 2.60. The first-order valence-electron chi connectivity index (χ1n) is 11.4. The van der Waals surface area contributed by atoms with Gasteiger partial charge in [-0.05, 0) is 93.4 Å². The summed E-state index contributed by atoms with van der Waals surface area (Å²) in [5.74, 6) is 2.32. The zero-order valence-electron chi connectivity index (χ0n) is 18.2. The Kier molecular flexibility index (Phi) is 5.86. The summed E-state index contributed by atoms with van der Waals surface area (Å²) in [6, 6.07) is 8.07. The molecule has 0 aliphatic heterocycles. The lowest BCUT2D eigenvalue weighted by Crippen LogP contribution is -2.53. The fourth-order valence-corrected chi connectivity index (χ4v) is 6.45. The summed E-state index contributed by atoms with van der Waals surface area (Å²) in [5.41, 5.74) is 2.95. The zero-order chi connectivity index (χ0) is 21.3. The summed E-state index contributed by atoms with van der Waals surface area (Å²) in [4.78, 5) is 27.7. The summed E-state index contributed by atoms with van der Waals surface area (Å²) >= 11 is 0. The fraction of sp³-hybridized carbons (Fsp3) is 0.640. The molecule has 0 unspecified atom stereocenters. The Bertz CT molecular complexity index is 834. The van der Waals surface area contributed by atoms with E-state index in [-0.39, 0.29) is 30.1 Å². The molecule has 1 aromatic carbocycles. The van der Waals surface area contributed by atoms with Crippen molar-refractivity contribution in [3.63, 3.8) is 0 Å². The fourth-order valence-electron chi connectivity index (χ4n) is 6.45. The van der Waals surface area contributed by atoms with Crippen LogP contribution < -0.4 is 10.2 Å². The molecule has 0 radical (unpaired) electrons. The molecule has 4 aliphatic rings. The molecule has 0 spiro atoms. The molecule has 1 N–H and O–H groups in total. The number of amides is 2. The Balaban J connectivity index is 1.36. The first-order chi connectivity index (χ1) is 14.4. The van der Waals surface area contributed by atoms with Gasteiger partial charge in [0.2, 0.25) is 11.8 Å². The Hall–Kier alpha value is -2.35. The maximum Gasteiger partial charge on any atom is 0.228 e. The Morgan fingerprint density at radius 1 is 1.10 bits per heavy atom. The van der Waals surface area contributed by atoms with E-state index in [4.69, 9.17) is 5.26 Å². The lowest BCUT2D eigenvalue weighted by atomic mass is 9.49. The lowest BCUT2D eigenvalue weighted by Gasteiger charge is -2.55. The van der Waals surface area contributed by atoms with Crippen LogP contribution in [0.2, 0.25) is 0 Å². The smallest absolute Gasteiger partial charge is 0.228 e. The Morgan fingerprint density at radius 3 is 2.30 bits per heavy atom. The van der Waals surface area contributed by atoms with Gasteiger partial charge in [-0.2, -0.15) is 5.26 Å². The summed E-state index contributed by atoms with van der Waals surface area (Å²) in [6.07, 6.45) is 7.61. The van der Waals surface area contributed by atoms with Crippen LogP contribution in [-0.2, 0) is 9.59 Å². The van der Waals surface area contributed by atoms with Crippen molar-refractivity contribution >= 4 is 17.5 Å². The monoisotopic (exact) mass is 407 g/mol. The zero-order valence-corrected chi connectivity index (χ0v) is 18.2. The standard InChI is InChI=1S/C25H33N3O2/c1-17-4-5-22(10-18(17)2)28(9-3-7-26)23(29)6-8-27-24(30)25-14-19-11-20(15-25)13-21(12-19)16-25/h4-5,10,19-21H,3,6,8-9,11-16H2,1-2H3,(H,27,30). The van der Waals surface area contributed by atoms with Gasteiger partial charge < -0.3 is 10.2 Å². The van der Waals surface area contributed by atoms with Crippen LogP contribution in [0.4, 0.5) is 5.69 Å². The number of carbonyl (C=O) groups excluding carboxylic acids is 2. The van der Waals surface area contributed by atoms with Crippen LogP contribution in [0.15, 0.2) is 18.2 Å². The van der Waals surface area contributed by atoms with Crippen LogP contribution in [0, 0.1) is 48.3 Å². The second-order valence-corrected chi connectivity index (χ2v) is 9.93. The van der Waals surface area contributed by atoms with Crippen molar-refractivity contribution in [3.05, 3.63) is 29.3 Å². The highest BCUT2D eigenvalue weighted by molar-refractivity contribution is 5.94. The van der Waals surface area contributed by atoms with Gasteiger partial charge in [0.25, 0.3) is 0 Å². The molecule has 0 saturated heterocycles. The molecule has 0 heterocycles. The summed E-state index contributed by atoms with van der Waals surface area (Å²) in [7, 11) is 0. The number of hydrogen-bond donors (Lipinski definition) is 1. The maximum absolute atomic E-state index is 13.1. The molecule has 4 saturated carbocycles. The van der Waals surface area contributed by atoms with Gasteiger partial charge in [-0.3, -0.25) is 9.59 Å². The third kappa shape index (κ3) is 4.10. The van der Waals surface area contributed by atoms with E-state index in [2.05, 4.69) is 11.4 Å². The quantitative estimate of drug-likeness (QED) is 0.733. The lowest BCUT2D eigenvalue weighted by molar-refractivity contribution is -0.146. The van der Waals surface area contributed by atoms with Crippen molar-refractivity contribution in [3.8, 4) is 6.07 Å². The van der Waals surface area contributed by atoms with Crippen molar-refractivity contribution in [1.29, 1.82) is 5.26 Å². The summed E-state index contributed by atoms with van der Waals surface area (Å²) in [6.45, 7) is 4.81. The number of carbonyl (C=O) groups is 2. The molecule has 2 amide bonds. The SMILES string of the molecule is Cc1ccc(N(CCC#N)C(=O)CCNC(=O)C23CC4CC(CC(C4)C2)C3)cc1C. The molecule has 30 heavy (non-hydrogen) atoms. The number of anilines is 1. The largest absolute Gasteiger partial charge is 0.355 e. The highest BCUT2D eigenvalue weighted by atomic mass is 16.2. The number of nitrogens with one attached hydrogen (secondary N) is 1. The van der Waals surface area contributed by atoms with E-state index in [1.807, 2.05) is 32.0 Å². The van der Waals surface area contributed by atoms with E-state index in [9.17, 15) is 9.59 Å². The van der Waals surface area contributed by atoms with Gasteiger partial charge in [-0.1, -0.05) is 6.07 Å². The summed E-state index contributed by atoms with van der Waals surface area (Å²) < 4.78 is 0. The summed E-state index contributed by atoms with van der Waals surface area (Å²) in [5, 5.41) is 12.1. The van der Waals surface area contributed by atoms with E-state index in [0.29, 0.717) is 13.1 Å². The maximum atomic E-state index is 13.1. The van der Waals surface area contributed by atoms with Crippen LogP contribution in [0.25, 0.3) is 0 Å². The number of rotatable bonds is 7. The van der Waals surface area contributed by atoms with E-state index >= 15 is 0 Å². The van der Waals surface area contributed by atoms with Gasteiger partial charge in [-0.15, -0.1) is 0 Å². The van der Waals surface area contributed by atoms with Crippen molar-refractivity contribution in [2.75, 3.05) is 18.0 Å². The topological polar surface area (TPSA) is 73.2 Å². The van der Waals surface area contributed by atoms with E-state index in [1.165, 1.54) is 24.8 Å². The normalized spacial score (nSPS) is 28.8. The molecule has 4 bridgehead atoms. The molecule has 0 atom stereocenters. The van der Waals surface area contributed by atoms with Crippen molar-refractivity contribution in [2.45, 2.75) is 65.2 Å². The van der Waals surface area contributed by atoms with Gasteiger partial charge >= 0.3 is 0 Å². The molecular weight excluding hydrogens is 374 g/mol. The molecule has 4 fully saturated rings. The van der Waals surface area contributed by atoms with E-state index in [1.54, 1.807) is 4.90 Å². The number of benzene rings is 1. The van der Waals surface area contributed by atoms with Crippen LogP contribution in [0.1, 0.15) is 62.5 Å². The predicted octanol–water partition coefficient (Wildman–Crippen LogP) is 4.27. The van der Waals surface area contributed by atoms with Gasteiger partial charge in [0.05, 0.1) is 12.5 Å². The van der Waals surface area contributed by atoms with Crippen LogP contribution in [0.3, 0.4) is 0 Å². The van der Waals surface area contributed by atoms with Crippen LogP contribution in [-0.4, -0.2) is 24.9 Å². The van der Waals surface area contributed by atoms with Crippen molar-refractivity contribution in [1.82, 2.24) is 5.32 Å². The Morgan fingerprint density at radius 2 is 1.73 bits per heavy atom. The highest BCUT2D eigenvalue weighted by Gasteiger charge is 2.54. The van der Waals surface area contributed by atoms with Crippen molar-refractivity contribution in [2.24, 2.45) is 23.2 Å². The number of aryl methyl sites for hydroxylation is 2. The molecule has 5 rings (SSSR count). The van der Waals surface area contributed by atoms with E-state index in [0.717, 1.165) is 48.3 Å². The van der Waals surface area contributed by atoms with Gasteiger partial charge in [0.15, 0.2) is 0 Å². The average molecular weight is 408 g/mol. The third-order valence-corrected chi connectivity index (χ3v) is 7.69. The number of hydrogen-bond acceptors (Lipinski definition) is 3. The third-order valence-electron chi connectivity index (χ3n) is 7.69. The first kappa shape index (κ1) is 20.9. The molecule has 5 nitrogen and oxygen atoms in total. The molecular formula is C25H33N3O2. The minimum Gasteiger partial charge on any atom is -0.355 e. The minimum atomic E-state index is -0.174. The molecule has 160 valence electrons.